The Morgan fingerprint density at radius 3 is 2.80 bits per heavy atom. The lowest BCUT2D eigenvalue weighted by Crippen LogP contribution is -2.44. The van der Waals surface area contributed by atoms with Crippen LogP contribution in [0.1, 0.15) is 22.0 Å². The molecule has 0 bridgehead atoms. The molecule has 0 fully saturated rings. The Labute approximate surface area is 133 Å². The fraction of sp³-hybridized carbons (Fsp3) is 0.267. The predicted octanol–water partition coefficient (Wildman–Crippen LogP) is 3.85. The first-order chi connectivity index (χ1) is 9.70. The van der Waals surface area contributed by atoms with Crippen LogP contribution in [0.4, 0.5) is 0 Å². The van der Waals surface area contributed by atoms with Crippen LogP contribution < -0.4 is 5.32 Å². The van der Waals surface area contributed by atoms with Gasteiger partial charge in [-0.05, 0) is 53.3 Å². The summed E-state index contributed by atoms with van der Waals surface area (Å²) in [6.45, 7) is 0.945. The van der Waals surface area contributed by atoms with Gasteiger partial charge in [0, 0.05) is 23.5 Å². The Morgan fingerprint density at radius 2 is 2.10 bits per heavy atom. The predicted molar refractivity (Wildman–Crippen MR) is 89.7 cm³/mol. The minimum atomic E-state index is 0.183. The number of halogens is 1. The van der Waals surface area contributed by atoms with E-state index in [2.05, 4.69) is 33.8 Å². The van der Waals surface area contributed by atoms with Gasteiger partial charge in [-0.15, -0.1) is 11.3 Å². The quantitative estimate of drug-likeness (QED) is 0.803. The van der Waals surface area contributed by atoms with E-state index >= 15 is 0 Å². The van der Waals surface area contributed by atoms with Crippen LogP contribution in [0.2, 0.25) is 5.02 Å². The lowest BCUT2D eigenvalue weighted by molar-refractivity contribution is 0.339. The first-order valence-corrected chi connectivity index (χ1v) is 8.17. The van der Waals surface area contributed by atoms with Gasteiger partial charge < -0.3 is 10.2 Å². The van der Waals surface area contributed by atoms with Gasteiger partial charge in [0.25, 0.3) is 0 Å². The van der Waals surface area contributed by atoms with Crippen molar-refractivity contribution in [1.29, 1.82) is 0 Å². The third-order valence-corrected chi connectivity index (χ3v) is 5.31. The summed E-state index contributed by atoms with van der Waals surface area (Å²) in [6, 6.07) is 10.5. The van der Waals surface area contributed by atoms with Crippen LogP contribution in [0.15, 0.2) is 35.7 Å². The maximum atomic E-state index is 6.01. The van der Waals surface area contributed by atoms with Crippen molar-refractivity contribution in [2.75, 3.05) is 13.6 Å². The van der Waals surface area contributed by atoms with Crippen molar-refractivity contribution >= 4 is 40.3 Å². The summed E-state index contributed by atoms with van der Waals surface area (Å²) >= 11 is 13.3. The van der Waals surface area contributed by atoms with Crippen LogP contribution in [0.3, 0.4) is 0 Å². The van der Waals surface area contributed by atoms with E-state index in [0.29, 0.717) is 0 Å². The normalized spacial score (nSPS) is 17.7. The van der Waals surface area contributed by atoms with Crippen molar-refractivity contribution < 1.29 is 0 Å². The highest BCUT2D eigenvalue weighted by Gasteiger charge is 2.30. The van der Waals surface area contributed by atoms with Crippen LogP contribution in [0.5, 0.6) is 0 Å². The number of nitrogens with one attached hydrogen (secondary N) is 1. The molecular weight excluding hydrogens is 308 g/mol. The number of hydrogen-bond acceptors (Lipinski definition) is 2. The van der Waals surface area contributed by atoms with E-state index < -0.39 is 0 Å². The first kappa shape index (κ1) is 13.9. The summed E-state index contributed by atoms with van der Waals surface area (Å²) in [7, 11) is 1.88. The summed E-state index contributed by atoms with van der Waals surface area (Å²) in [5.41, 5.74) is 2.59. The first-order valence-electron chi connectivity index (χ1n) is 6.51. The van der Waals surface area contributed by atoms with Crippen LogP contribution in [0.25, 0.3) is 0 Å². The van der Waals surface area contributed by atoms with Crippen LogP contribution in [-0.4, -0.2) is 23.6 Å². The molecule has 2 nitrogen and oxygen atoms in total. The van der Waals surface area contributed by atoms with Gasteiger partial charge >= 0.3 is 0 Å². The molecule has 0 amide bonds. The number of hydrogen-bond donors (Lipinski definition) is 1. The zero-order valence-corrected chi connectivity index (χ0v) is 13.5. The number of benzene rings is 1. The number of thiocarbonyl (C=S) groups is 1. The molecule has 0 spiro atoms. The van der Waals surface area contributed by atoms with E-state index in [-0.39, 0.29) is 6.04 Å². The maximum Gasteiger partial charge on any atom is 0.169 e. The molecule has 1 atom stereocenters. The standard InChI is InChI=1S/C15H15ClN2S2/c1-17-15(19)18-8-6-13-12(7-9-20-13)14(18)10-2-4-11(16)5-3-10/h2-5,7,9,14H,6,8H2,1H3,(H,17,19)/t14-/m0/s1. The number of nitrogens with zero attached hydrogens (tertiary/aromatic N) is 1. The van der Waals surface area contributed by atoms with E-state index in [4.69, 9.17) is 23.8 Å². The largest absolute Gasteiger partial charge is 0.366 e. The van der Waals surface area contributed by atoms with Gasteiger partial charge in [-0.1, -0.05) is 23.7 Å². The van der Waals surface area contributed by atoms with Gasteiger partial charge in [-0.25, -0.2) is 0 Å². The van der Waals surface area contributed by atoms with Gasteiger partial charge in [0.15, 0.2) is 5.11 Å². The summed E-state index contributed by atoms with van der Waals surface area (Å²) in [5.74, 6) is 0. The van der Waals surface area contributed by atoms with Crippen molar-refractivity contribution in [2.24, 2.45) is 0 Å². The molecule has 2 aromatic rings. The lowest BCUT2D eigenvalue weighted by atomic mass is 9.94. The van der Waals surface area contributed by atoms with E-state index in [0.717, 1.165) is 23.1 Å². The zero-order valence-electron chi connectivity index (χ0n) is 11.1. The minimum absolute atomic E-state index is 0.183. The highest BCUT2D eigenvalue weighted by molar-refractivity contribution is 7.80. The lowest BCUT2D eigenvalue weighted by Gasteiger charge is -2.37. The summed E-state index contributed by atoms with van der Waals surface area (Å²) < 4.78 is 0. The SMILES string of the molecule is CNC(=S)N1CCc2sccc2[C@@H]1c1ccc(Cl)cc1. The number of fused-ring (bicyclic) bond motifs is 1. The van der Waals surface area contributed by atoms with E-state index in [1.165, 1.54) is 16.0 Å². The zero-order chi connectivity index (χ0) is 14.1. The van der Waals surface area contributed by atoms with Gasteiger partial charge in [0.1, 0.15) is 0 Å². The highest BCUT2D eigenvalue weighted by Crippen LogP contribution is 2.37. The number of thiophene rings is 1. The topological polar surface area (TPSA) is 15.3 Å². The molecule has 2 heterocycles. The molecule has 1 aromatic heterocycles. The van der Waals surface area contributed by atoms with Crippen molar-refractivity contribution in [3.8, 4) is 0 Å². The van der Waals surface area contributed by atoms with Crippen LogP contribution in [-0.2, 0) is 6.42 Å². The van der Waals surface area contributed by atoms with Crippen LogP contribution >= 0.6 is 35.2 Å². The Morgan fingerprint density at radius 1 is 1.35 bits per heavy atom. The summed E-state index contributed by atoms with van der Waals surface area (Å²) in [4.78, 5) is 3.72. The highest BCUT2D eigenvalue weighted by atomic mass is 35.5. The Hall–Kier alpha value is -1.10. The maximum absolute atomic E-state index is 6.01. The van der Waals surface area contributed by atoms with Crippen molar-refractivity contribution in [2.45, 2.75) is 12.5 Å². The van der Waals surface area contributed by atoms with Gasteiger partial charge in [0.05, 0.1) is 6.04 Å². The van der Waals surface area contributed by atoms with Gasteiger partial charge in [-0.3, -0.25) is 0 Å². The van der Waals surface area contributed by atoms with E-state index in [1.807, 2.05) is 30.5 Å². The molecule has 1 N–H and O–H groups in total. The molecule has 1 aliphatic heterocycles. The average molecular weight is 323 g/mol. The number of rotatable bonds is 1. The molecule has 0 saturated heterocycles. The Balaban J connectivity index is 2.06. The van der Waals surface area contributed by atoms with E-state index in [9.17, 15) is 0 Å². The average Bonchev–Trinajstić information content (AvgIpc) is 2.95. The summed E-state index contributed by atoms with van der Waals surface area (Å²) in [6.07, 6.45) is 1.05. The minimum Gasteiger partial charge on any atom is -0.366 e. The molecule has 0 unspecified atom stereocenters. The monoisotopic (exact) mass is 322 g/mol. The smallest absolute Gasteiger partial charge is 0.169 e. The van der Waals surface area contributed by atoms with Crippen molar-refractivity contribution in [3.05, 3.63) is 56.7 Å². The second-order valence-electron chi connectivity index (χ2n) is 4.75. The molecule has 1 aromatic carbocycles. The molecule has 0 saturated carbocycles. The molecule has 0 aliphatic carbocycles. The molecule has 20 heavy (non-hydrogen) atoms. The van der Waals surface area contributed by atoms with Crippen LogP contribution in [0, 0.1) is 0 Å². The van der Waals surface area contributed by atoms with E-state index in [1.54, 1.807) is 0 Å². The molecule has 0 radical (unpaired) electrons. The fourth-order valence-corrected chi connectivity index (χ4v) is 3.91. The van der Waals surface area contributed by atoms with Crippen molar-refractivity contribution in [3.63, 3.8) is 0 Å². The van der Waals surface area contributed by atoms with Gasteiger partial charge in [-0.2, -0.15) is 0 Å². The fourth-order valence-electron chi connectivity index (χ4n) is 2.68. The molecule has 1 aliphatic rings. The Kier molecular flexibility index (Phi) is 3.96. The second-order valence-corrected chi connectivity index (χ2v) is 6.58. The third kappa shape index (κ3) is 2.43. The molecule has 5 heteroatoms. The molecule has 3 rings (SSSR count). The summed E-state index contributed by atoms with van der Waals surface area (Å²) in [5, 5.41) is 6.82. The van der Waals surface area contributed by atoms with Gasteiger partial charge in [0.2, 0.25) is 0 Å². The molecular formula is C15H15ClN2S2. The third-order valence-electron chi connectivity index (χ3n) is 3.63. The second kappa shape index (κ2) is 5.72. The molecule has 104 valence electrons. The Bertz CT molecular complexity index is 621. The van der Waals surface area contributed by atoms with Crippen molar-refractivity contribution in [1.82, 2.24) is 10.2 Å².